The Morgan fingerprint density at radius 3 is 2.87 bits per heavy atom. The van der Waals surface area contributed by atoms with E-state index in [1.165, 1.54) is 24.1 Å². The minimum Gasteiger partial charge on any atom is -0.377 e. The van der Waals surface area contributed by atoms with Gasteiger partial charge in [-0.05, 0) is 48.8 Å². The number of nitrogens with zero attached hydrogens (tertiary/aromatic N) is 3. The fraction of sp³-hybridized carbons (Fsp3) is 0.583. The minimum absolute atomic E-state index is 0.00977. The molecule has 1 unspecified atom stereocenters. The first-order valence-corrected chi connectivity index (χ1v) is 12.0. The summed E-state index contributed by atoms with van der Waals surface area (Å²) >= 11 is 1.59. The Labute approximate surface area is 183 Å². The third-order valence-corrected chi connectivity index (χ3v) is 7.73. The van der Waals surface area contributed by atoms with Crippen LogP contribution in [0.1, 0.15) is 54.0 Å². The monoisotopic (exact) mass is 425 g/mol. The zero-order valence-corrected chi connectivity index (χ0v) is 18.8. The van der Waals surface area contributed by atoms with Gasteiger partial charge in [-0.15, -0.1) is 0 Å². The van der Waals surface area contributed by atoms with Crippen LogP contribution in [0.5, 0.6) is 0 Å². The summed E-state index contributed by atoms with van der Waals surface area (Å²) in [5.74, 6) is 0.258. The Morgan fingerprint density at radius 1 is 1.20 bits per heavy atom. The summed E-state index contributed by atoms with van der Waals surface area (Å²) in [5, 5.41) is 0.995. The summed E-state index contributed by atoms with van der Waals surface area (Å²) in [5.41, 5.74) is 3.69. The molecule has 2 saturated heterocycles. The van der Waals surface area contributed by atoms with Crippen LogP contribution in [0.2, 0.25) is 0 Å². The van der Waals surface area contributed by atoms with Gasteiger partial charge in [0.1, 0.15) is 0 Å². The number of hydrogen-bond donors (Lipinski definition) is 0. The maximum atomic E-state index is 12.7. The van der Waals surface area contributed by atoms with E-state index in [-0.39, 0.29) is 17.2 Å². The Bertz CT molecular complexity index is 932. The van der Waals surface area contributed by atoms with Gasteiger partial charge in [0, 0.05) is 31.7 Å². The Kier molecular flexibility index (Phi) is 5.31. The number of carbonyl (C=O) groups is 1. The molecular weight excluding hydrogens is 394 g/mol. The van der Waals surface area contributed by atoms with E-state index in [2.05, 4.69) is 47.9 Å². The number of carbonyl (C=O) groups excluding carboxylic acids is 1. The minimum atomic E-state index is 0.00977. The number of Topliss-reactive ketones (excluding diaryl/α,β-unsaturated/α-hetero) is 1. The lowest BCUT2D eigenvalue weighted by molar-refractivity contribution is 0.0915. The maximum absolute atomic E-state index is 12.7. The van der Waals surface area contributed by atoms with Crippen molar-refractivity contribution in [2.75, 3.05) is 42.6 Å². The van der Waals surface area contributed by atoms with Crippen LogP contribution >= 0.6 is 11.3 Å². The standard InChI is InChI=1S/C24H31N3O2S/c1-24(2)14-20-22(21(28)15-24)30-23(25-20)27-10-11-29-16-19(27)13-17-6-5-7-18(12-17)26-8-3-4-9-26/h5-7,12,19H,3-4,8-11,13-16H2,1-2H3. The highest BCUT2D eigenvalue weighted by molar-refractivity contribution is 7.17. The maximum Gasteiger partial charge on any atom is 0.186 e. The highest BCUT2D eigenvalue weighted by Crippen LogP contribution is 2.40. The van der Waals surface area contributed by atoms with E-state index in [0.29, 0.717) is 19.6 Å². The quantitative estimate of drug-likeness (QED) is 0.729. The number of thiazole rings is 1. The SMILES string of the molecule is CC1(C)CC(=O)c2sc(N3CCOCC3Cc3cccc(N4CCCC4)c3)nc2C1. The average Bonchev–Trinajstić information content (AvgIpc) is 3.38. The topological polar surface area (TPSA) is 45.7 Å². The van der Waals surface area contributed by atoms with E-state index in [1.54, 1.807) is 11.3 Å². The van der Waals surface area contributed by atoms with Gasteiger partial charge < -0.3 is 14.5 Å². The van der Waals surface area contributed by atoms with Gasteiger partial charge in [0.15, 0.2) is 10.9 Å². The molecule has 0 spiro atoms. The van der Waals surface area contributed by atoms with Crippen LogP contribution in [0.15, 0.2) is 24.3 Å². The number of benzene rings is 1. The van der Waals surface area contributed by atoms with Crippen molar-refractivity contribution in [3.8, 4) is 0 Å². The van der Waals surface area contributed by atoms with Crippen molar-refractivity contribution in [3.05, 3.63) is 40.4 Å². The summed E-state index contributed by atoms with van der Waals surface area (Å²) < 4.78 is 5.85. The molecule has 2 aromatic rings. The lowest BCUT2D eigenvalue weighted by atomic mass is 9.78. The molecule has 0 radical (unpaired) electrons. The third kappa shape index (κ3) is 4.00. The number of aromatic nitrogens is 1. The largest absolute Gasteiger partial charge is 0.377 e. The molecule has 30 heavy (non-hydrogen) atoms. The number of hydrogen-bond acceptors (Lipinski definition) is 6. The van der Waals surface area contributed by atoms with E-state index in [4.69, 9.17) is 9.72 Å². The third-order valence-electron chi connectivity index (χ3n) is 6.55. The van der Waals surface area contributed by atoms with Gasteiger partial charge in [-0.1, -0.05) is 37.3 Å². The number of fused-ring (bicyclic) bond motifs is 1. The van der Waals surface area contributed by atoms with E-state index < -0.39 is 0 Å². The van der Waals surface area contributed by atoms with E-state index in [9.17, 15) is 4.79 Å². The predicted molar refractivity (Wildman–Crippen MR) is 122 cm³/mol. The van der Waals surface area contributed by atoms with Crippen molar-refractivity contribution in [2.45, 2.75) is 52.0 Å². The molecule has 0 bridgehead atoms. The predicted octanol–water partition coefficient (Wildman–Crippen LogP) is 4.35. The summed E-state index contributed by atoms with van der Waals surface area (Å²) in [6.45, 7) is 8.91. The Balaban J connectivity index is 1.37. The highest BCUT2D eigenvalue weighted by Gasteiger charge is 2.36. The fourth-order valence-electron chi connectivity index (χ4n) is 5.03. The van der Waals surface area contributed by atoms with Gasteiger partial charge >= 0.3 is 0 Å². The van der Waals surface area contributed by atoms with Gasteiger partial charge in [0.2, 0.25) is 0 Å². The molecule has 1 aromatic carbocycles. The summed E-state index contributed by atoms with van der Waals surface area (Å²) in [6.07, 6.45) is 5.03. The van der Waals surface area contributed by atoms with Crippen LogP contribution in [0, 0.1) is 5.41 Å². The molecule has 160 valence electrons. The van der Waals surface area contributed by atoms with Crippen molar-refractivity contribution in [3.63, 3.8) is 0 Å². The van der Waals surface area contributed by atoms with Crippen LogP contribution in [0.4, 0.5) is 10.8 Å². The molecule has 2 aliphatic heterocycles. The molecule has 3 aliphatic rings. The number of ketones is 1. The smallest absolute Gasteiger partial charge is 0.186 e. The lowest BCUT2D eigenvalue weighted by Gasteiger charge is -2.35. The van der Waals surface area contributed by atoms with Gasteiger partial charge in [-0.3, -0.25) is 4.79 Å². The van der Waals surface area contributed by atoms with Crippen molar-refractivity contribution in [2.24, 2.45) is 5.41 Å². The van der Waals surface area contributed by atoms with Gasteiger partial charge in [0.05, 0.1) is 29.8 Å². The van der Waals surface area contributed by atoms with E-state index in [0.717, 1.165) is 48.2 Å². The summed E-state index contributed by atoms with van der Waals surface area (Å²) in [4.78, 5) is 23.4. The van der Waals surface area contributed by atoms with Gasteiger partial charge in [-0.25, -0.2) is 4.98 Å². The molecule has 5 nitrogen and oxygen atoms in total. The molecule has 0 amide bonds. The van der Waals surface area contributed by atoms with Gasteiger partial charge in [-0.2, -0.15) is 0 Å². The first-order valence-electron chi connectivity index (χ1n) is 11.2. The average molecular weight is 426 g/mol. The van der Waals surface area contributed by atoms with Crippen molar-refractivity contribution in [1.82, 2.24) is 4.98 Å². The molecule has 2 fully saturated rings. The number of anilines is 2. The molecule has 1 aliphatic carbocycles. The summed E-state index contributed by atoms with van der Waals surface area (Å²) in [6, 6.07) is 9.23. The molecule has 0 saturated carbocycles. The molecule has 0 N–H and O–H groups in total. The van der Waals surface area contributed by atoms with E-state index in [1.807, 2.05) is 0 Å². The second-order valence-electron chi connectivity index (χ2n) is 9.70. The molecule has 6 heteroatoms. The van der Waals surface area contributed by atoms with Crippen molar-refractivity contribution < 1.29 is 9.53 Å². The van der Waals surface area contributed by atoms with Crippen LogP contribution in [0.3, 0.4) is 0 Å². The normalized spacial score (nSPS) is 23.7. The molecule has 1 aromatic heterocycles. The lowest BCUT2D eigenvalue weighted by Crippen LogP contribution is -2.46. The molecule has 3 heterocycles. The van der Waals surface area contributed by atoms with E-state index >= 15 is 0 Å². The number of morpholine rings is 1. The first-order chi connectivity index (χ1) is 14.5. The van der Waals surface area contributed by atoms with Crippen LogP contribution in [0.25, 0.3) is 0 Å². The zero-order valence-electron chi connectivity index (χ0n) is 18.0. The van der Waals surface area contributed by atoms with Crippen LogP contribution < -0.4 is 9.80 Å². The Hall–Kier alpha value is -1.92. The second kappa shape index (κ2) is 7.97. The summed E-state index contributed by atoms with van der Waals surface area (Å²) in [7, 11) is 0. The van der Waals surface area contributed by atoms with Crippen molar-refractivity contribution in [1.29, 1.82) is 0 Å². The Morgan fingerprint density at radius 2 is 2.03 bits per heavy atom. The first kappa shape index (κ1) is 20.0. The van der Waals surface area contributed by atoms with Gasteiger partial charge in [0.25, 0.3) is 0 Å². The second-order valence-corrected chi connectivity index (χ2v) is 10.7. The fourth-order valence-corrected chi connectivity index (χ4v) is 6.15. The number of ether oxygens (including phenoxy) is 1. The molecule has 5 rings (SSSR count). The van der Waals surface area contributed by atoms with Crippen LogP contribution in [-0.4, -0.2) is 49.7 Å². The zero-order chi connectivity index (χ0) is 20.7. The number of rotatable bonds is 4. The van der Waals surface area contributed by atoms with Crippen LogP contribution in [-0.2, 0) is 17.6 Å². The highest BCUT2D eigenvalue weighted by atomic mass is 32.1. The molecular formula is C24H31N3O2S. The van der Waals surface area contributed by atoms with Crippen molar-refractivity contribution >= 4 is 27.9 Å². The molecule has 1 atom stereocenters.